The third kappa shape index (κ3) is 4.54. The molecule has 1 aliphatic rings. The maximum atomic E-state index is 12.6. The van der Waals surface area contributed by atoms with Crippen molar-refractivity contribution in [3.63, 3.8) is 0 Å². The number of rotatable bonds is 7. The molecule has 1 aromatic carbocycles. The average molecular weight is 400 g/mol. The summed E-state index contributed by atoms with van der Waals surface area (Å²) in [7, 11) is 1.47. The van der Waals surface area contributed by atoms with E-state index >= 15 is 0 Å². The third-order valence-corrected chi connectivity index (χ3v) is 4.96. The molecular weight excluding hydrogens is 378 g/mol. The number of carbonyl (C=O) groups is 2. The number of methoxy groups -OCH3 is 1. The van der Waals surface area contributed by atoms with E-state index in [9.17, 15) is 9.59 Å². The van der Waals surface area contributed by atoms with E-state index in [1.165, 1.54) is 7.11 Å². The van der Waals surface area contributed by atoms with Crippen LogP contribution in [0.25, 0.3) is 0 Å². The normalized spacial score (nSPS) is 25.9. The predicted octanol–water partition coefficient (Wildman–Crippen LogP) is 0.964. The lowest BCUT2D eigenvalue weighted by molar-refractivity contribution is -0.139. The van der Waals surface area contributed by atoms with Crippen LogP contribution in [0.15, 0.2) is 30.3 Å². The molecule has 2 rings (SSSR count). The van der Waals surface area contributed by atoms with E-state index in [1.54, 1.807) is 6.92 Å². The molecule has 1 heterocycles. The van der Waals surface area contributed by atoms with Gasteiger partial charge in [0.15, 0.2) is 0 Å². The summed E-state index contributed by atoms with van der Waals surface area (Å²) in [6, 6.07) is 9.15. The molecule has 1 amide bonds. The quantitative estimate of drug-likeness (QED) is 0.509. The van der Waals surface area contributed by atoms with Crippen LogP contribution in [0, 0.1) is 0 Å². The van der Waals surface area contributed by atoms with Gasteiger partial charge in [0.25, 0.3) is 0 Å². The maximum absolute atomic E-state index is 12.6. The highest BCUT2D eigenvalue weighted by Gasteiger charge is 2.41. The number of carboxylic acids is 1. The molecule has 0 bridgehead atoms. The molecule has 1 aromatic rings. The van der Waals surface area contributed by atoms with Crippen LogP contribution >= 0.6 is 15.9 Å². The summed E-state index contributed by atoms with van der Waals surface area (Å²) in [6.45, 7) is 1.77. The predicted molar refractivity (Wildman–Crippen MR) is 92.6 cm³/mol. The average Bonchev–Trinajstić information content (AvgIpc) is 2.89. The highest BCUT2D eigenvalue weighted by atomic mass is 79.9. The minimum absolute atomic E-state index is 0.0740. The first-order chi connectivity index (χ1) is 11.4. The second-order valence-corrected chi connectivity index (χ2v) is 7.21. The molecule has 1 aliphatic heterocycles. The van der Waals surface area contributed by atoms with Gasteiger partial charge in [-0.05, 0) is 12.5 Å². The minimum atomic E-state index is -0.995. The number of alkyl halides is 1. The monoisotopic (exact) mass is 399 g/mol. The lowest BCUT2D eigenvalue weighted by atomic mass is 9.97. The van der Waals surface area contributed by atoms with Gasteiger partial charge in [-0.3, -0.25) is 9.59 Å². The molecule has 8 heteroatoms. The van der Waals surface area contributed by atoms with E-state index in [0.29, 0.717) is 0 Å². The van der Waals surface area contributed by atoms with Crippen LogP contribution in [-0.4, -0.2) is 47.1 Å². The van der Waals surface area contributed by atoms with Crippen LogP contribution in [0.5, 0.6) is 0 Å². The minimum Gasteiger partial charge on any atom is -0.481 e. The van der Waals surface area contributed by atoms with Gasteiger partial charge in [-0.1, -0.05) is 46.3 Å². The smallest absolute Gasteiger partial charge is 0.305 e. The van der Waals surface area contributed by atoms with Crippen molar-refractivity contribution in [2.75, 3.05) is 13.7 Å². The fourth-order valence-electron chi connectivity index (χ4n) is 2.83. The topological polar surface area (TPSA) is 99.7 Å². The van der Waals surface area contributed by atoms with Crippen LogP contribution in [0.4, 0.5) is 0 Å². The number of hydrogen-bond acceptors (Lipinski definition) is 5. The molecule has 4 N–H and O–H groups in total. The summed E-state index contributed by atoms with van der Waals surface area (Å²) in [6.07, 6.45) is -0.220. The second kappa shape index (κ2) is 8.06. The first kappa shape index (κ1) is 18.9. The zero-order chi connectivity index (χ0) is 17.7. The molecule has 4 unspecified atom stereocenters. The fraction of sp³-hybridized carbons (Fsp3) is 0.500. The standard InChI is InChI=1S/C16H22BrN3O4/c1-16(9-24-2,8-11(21)22)18-15(23)14-12(17)13(19-20-14)10-6-4-3-5-7-10/h3-7,12-14,19-20H,8-9H2,1-2H3,(H,18,23)(H,21,22). The van der Waals surface area contributed by atoms with Crippen LogP contribution in [0.2, 0.25) is 0 Å². The first-order valence-corrected chi connectivity index (χ1v) is 8.51. The Kier molecular flexibility index (Phi) is 6.34. The van der Waals surface area contributed by atoms with Gasteiger partial charge in [-0.25, -0.2) is 10.9 Å². The molecule has 1 saturated heterocycles. The van der Waals surface area contributed by atoms with E-state index < -0.39 is 17.6 Å². The van der Waals surface area contributed by atoms with Crippen molar-refractivity contribution in [1.29, 1.82) is 0 Å². The third-order valence-electron chi connectivity index (χ3n) is 3.90. The van der Waals surface area contributed by atoms with Crippen molar-refractivity contribution in [3.05, 3.63) is 35.9 Å². The molecule has 4 atom stereocenters. The van der Waals surface area contributed by atoms with Crippen LogP contribution in [0.1, 0.15) is 24.9 Å². The Morgan fingerprint density at radius 1 is 1.33 bits per heavy atom. The molecule has 0 saturated carbocycles. The lowest BCUT2D eigenvalue weighted by Crippen LogP contribution is -2.57. The van der Waals surface area contributed by atoms with Crippen LogP contribution < -0.4 is 16.2 Å². The summed E-state index contributed by atoms with van der Waals surface area (Å²) in [5, 5.41) is 11.8. The Bertz CT molecular complexity index is 586. The summed E-state index contributed by atoms with van der Waals surface area (Å²) >= 11 is 3.57. The van der Waals surface area contributed by atoms with Gasteiger partial charge in [0, 0.05) is 7.11 Å². The highest BCUT2D eigenvalue weighted by molar-refractivity contribution is 9.09. The summed E-state index contributed by atoms with van der Waals surface area (Å²) in [5.74, 6) is -1.28. The number of aliphatic carboxylic acids is 1. The molecule has 1 fully saturated rings. The Balaban J connectivity index is 2.05. The van der Waals surface area contributed by atoms with Crippen molar-refractivity contribution in [1.82, 2.24) is 16.2 Å². The SMILES string of the molecule is COCC(C)(CC(=O)O)NC(=O)C1NNC(c2ccccc2)C1Br. The molecule has 0 radical (unpaired) electrons. The highest BCUT2D eigenvalue weighted by Crippen LogP contribution is 2.29. The van der Waals surface area contributed by atoms with Gasteiger partial charge in [0.05, 0.1) is 29.4 Å². The number of hydrazine groups is 1. The van der Waals surface area contributed by atoms with Gasteiger partial charge >= 0.3 is 5.97 Å². The van der Waals surface area contributed by atoms with Crippen molar-refractivity contribution >= 4 is 27.8 Å². The molecule has 0 spiro atoms. The summed E-state index contributed by atoms with van der Waals surface area (Å²) < 4.78 is 5.06. The van der Waals surface area contributed by atoms with Gasteiger partial charge < -0.3 is 15.2 Å². The largest absolute Gasteiger partial charge is 0.481 e. The number of ether oxygens (including phenoxy) is 1. The Hall–Kier alpha value is -1.48. The van der Waals surface area contributed by atoms with E-state index in [0.717, 1.165) is 5.56 Å². The van der Waals surface area contributed by atoms with Gasteiger partial charge in [-0.2, -0.15) is 0 Å². The van der Waals surface area contributed by atoms with E-state index in [2.05, 4.69) is 32.1 Å². The number of halogens is 1. The number of benzene rings is 1. The number of carbonyl (C=O) groups excluding carboxylic acids is 1. The fourth-order valence-corrected chi connectivity index (χ4v) is 3.64. The van der Waals surface area contributed by atoms with Crippen molar-refractivity contribution < 1.29 is 19.4 Å². The Morgan fingerprint density at radius 2 is 2.00 bits per heavy atom. The molecule has 132 valence electrons. The van der Waals surface area contributed by atoms with Gasteiger partial charge in [0.1, 0.15) is 6.04 Å². The van der Waals surface area contributed by atoms with Crippen molar-refractivity contribution in [2.24, 2.45) is 0 Å². The van der Waals surface area contributed by atoms with Crippen LogP contribution in [-0.2, 0) is 14.3 Å². The van der Waals surface area contributed by atoms with Crippen molar-refractivity contribution in [3.8, 4) is 0 Å². The molecule has 0 aliphatic carbocycles. The number of nitrogens with one attached hydrogen (secondary N) is 3. The second-order valence-electron chi connectivity index (χ2n) is 6.15. The summed E-state index contributed by atoms with van der Waals surface area (Å²) in [5.41, 5.74) is 6.16. The number of carboxylic acid groups (broad SMARTS) is 1. The van der Waals surface area contributed by atoms with Crippen LogP contribution in [0.3, 0.4) is 0 Å². The van der Waals surface area contributed by atoms with Gasteiger partial charge in [0.2, 0.25) is 5.91 Å². The summed E-state index contributed by atoms with van der Waals surface area (Å²) in [4.78, 5) is 23.5. The maximum Gasteiger partial charge on any atom is 0.305 e. The van der Waals surface area contributed by atoms with Gasteiger partial charge in [-0.15, -0.1) is 0 Å². The first-order valence-electron chi connectivity index (χ1n) is 7.59. The number of amides is 1. The zero-order valence-electron chi connectivity index (χ0n) is 13.6. The molecular formula is C16H22BrN3O4. The zero-order valence-corrected chi connectivity index (χ0v) is 15.2. The van der Waals surface area contributed by atoms with E-state index in [-0.39, 0.29) is 29.8 Å². The van der Waals surface area contributed by atoms with E-state index in [1.807, 2.05) is 30.3 Å². The molecule has 0 aromatic heterocycles. The Labute approximate surface area is 149 Å². The van der Waals surface area contributed by atoms with Crippen molar-refractivity contribution in [2.45, 2.75) is 35.8 Å². The molecule has 24 heavy (non-hydrogen) atoms. The lowest BCUT2D eigenvalue weighted by Gasteiger charge is -2.30. The number of hydrogen-bond donors (Lipinski definition) is 4. The Morgan fingerprint density at radius 3 is 2.58 bits per heavy atom. The van der Waals surface area contributed by atoms with E-state index in [4.69, 9.17) is 9.84 Å². The molecule has 7 nitrogen and oxygen atoms in total.